The Balaban J connectivity index is 2.26. The molecule has 3 aromatic rings. The van der Waals surface area contributed by atoms with Crippen molar-refractivity contribution in [3.8, 4) is 0 Å². The fourth-order valence-electron chi connectivity index (χ4n) is 3.96. The predicted molar refractivity (Wildman–Crippen MR) is 102 cm³/mol. The van der Waals surface area contributed by atoms with Crippen LogP contribution in [0.15, 0.2) is 36.4 Å². The molecule has 0 saturated heterocycles. The van der Waals surface area contributed by atoms with Gasteiger partial charge in [-0.3, -0.25) is 0 Å². The van der Waals surface area contributed by atoms with Crippen LogP contribution in [0.2, 0.25) is 0 Å². The van der Waals surface area contributed by atoms with Crippen LogP contribution in [0.4, 0.5) is 0 Å². The van der Waals surface area contributed by atoms with Gasteiger partial charge in [-0.2, -0.15) is 0 Å². The molecule has 2 aromatic heterocycles. The lowest BCUT2D eigenvalue weighted by atomic mass is 9.86. The largest absolute Gasteiger partial charge is 0.361 e. The Kier molecular flexibility index (Phi) is 4.40. The number of H-pyrrole nitrogens is 1. The Bertz CT molecular complexity index is 850. The second-order valence-corrected chi connectivity index (χ2v) is 6.85. The normalized spacial score (nSPS) is 12.6. The van der Waals surface area contributed by atoms with E-state index in [1.54, 1.807) is 0 Å². The van der Waals surface area contributed by atoms with Gasteiger partial charge >= 0.3 is 0 Å². The topological polar surface area (TPSA) is 20.7 Å². The van der Waals surface area contributed by atoms with E-state index in [4.69, 9.17) is 0 Å². The number of hydrogen-bond donors (Lipinski definition) is 1. The smallest absolute Gasteiger partial charge is 0.0511 e. The predicted octanol–water partition coefficient (Wildman–Crippen LogP) is 5.33. The molecule has 24 heavy (non-hydrogen) atoms. The molecule has 2 nitrogen and oxygen atoms in total. The summed E-state index contributed by atoms with van der Waals surface area (Å²) in [7, 11) is 2.15. The van der Waals surface area contributed by atoms with Crippen LogP contribution in [0.3, 0.4) is 0 Å². The molecule has 0 aliphatic rings. The average Bonchev–Trinajstić information content (AvgIpc) is 3.00. The Morgan fingerprint density at radius 2 is 1.71 bits per heavy atom. The van der Waals surface area contributed by atoms with E-state index in [0.29, 0.717) is 0 Å². The average molecular weight is 320 g/mol. The molecule has 2 heteroatoms. The van der Waals surface area contributed by atoms with Crippen LogP contribution in [-0.2, 0) is 13.5 Å². The lowest BCUT2D eigenvalue weighted by Gasteiger charge is -2.19. The molecule has 0 spiro atoms. The zero-order valence-corrected chi connectivity index (χ0v) is 15.7. The fraction of sp³-hybridized carbons (Fsp3) is 0.364. The first-order valence-electron chi connectivity index (χ1n) is 8.81. The number of aromatic nitrogens is 2. The molecule has 0 amide bonds. The summed E-state index contributed by atoms with van der Waals surface area (Å²) in [5, 5.41) is 0. The number of nitrogens with zero attached hydrogens (tertiary/aromatic N) is 1. The highest BCUT2D eigenvalue weighted by atomic mass is 14.9. The number of hydrogen-bond acceptors (Lipinski definition) is 0. The van der Waals surface area contributed by atoms with E-state index in [0.717, 1.165) is 6.42 Å². The highest BCUT2D eigenvalue weighted by Crippen LogP contribution is 2.37. The van der Waals surface area contributed by atoms with Crippen LogP contribution < -0.4 is 0 Å². The standard InChI is InChI=1S/C22H28N2/c1-7-19-15(3)22(23-16(19)4)21(18-11-9-8-10-12-18)20-13-14(2)24(6)17(20)5/h8-13,21,23H,7H2,1-6H3. The van der Waals surface area contributed by atoms with Crippen molar-refractivity contribution in [3.05, 3.63) is 81.4 Å². The first kappa shape index (κ1) is 16.6. The first-order chi connectivity index (χ1) is 11.5. The summed E-state index contributed by atoms with van der Waals surface area (Å²) >= 11 is 0. The van der Waals surface area contributed by atoms with Gasteiger partial charge in [-0.25, -0.2) is 0 Å². The molecule has 1 atom stereocenters. The lowest BCUT2D eigenvalue weighted by molar-refractivity contribution is 0.823. The fourth-order valence-corrected chi connectivity index (χ4v) is 3.96. The van der Waals surface area contributed by atoms with E-state index in [2.05, 4.69) is 87.6 Å². The maximum absolute atomic E-state index is 3.71. The molecule has 2 heterocycles. The molecule has 0 aliphatic carbocycles. The van der Waals surface area contributed by atoms with Crippen LogP contribution in [0, 0.1) is 27.7 Å². The van der Waals surface area contributed by atoms with Crippen molar-refractivity contribution in [3.63, 3.8) is 0 Å². The van der Waals surface area contributed by atoms with Crippen molar-refractivity contribution in [1.82, 2.24) is 9.55 Å². The Morgan fingerprint density at radius 3 is 2.21 bits per heavy atom. The number of aryl methyl sites for hydroxylation is 2. The van der Waals surface area contributed by atoms with Crippen molar-refractivity contribution in [1.29, 1.82) is 0 Å². The highest BCUT2D eigenvalue weighted by molar-refractivity contribution is 5.49. The first-order valence-corrected chi connectivity index (χ1v) is 8.81. The molecule has 1 N–H and O–H groups in total. The van der Waals surface area contributed by atoms with Crippen molar-refractivity contribution < 1.29 is 0 Å². The van der Waals surface area contributed by atoms with E-state index in [1.807, 2.05) is 0 Å². The zero-order chi connectivity index (χ0) is 17.4. The second-order valence-electron chi connectivity index (χ2n) is 6.85. The molecule has 0 radical (unpaired) electrons. The Hall–Kier alpha value is -2.22. The van der Waals surface area contributed by atoms with Gasteiger partial charge in [0.15, 0.2) is 0 Å². The van der Waals surface area contributed by atoms with E-state index >= 15 is 0 Å². The molecule has 0 fully saturated rings. The van der Waals surface area contributed by atoms with Gasteiger partial charge in [0.25, 0.3) is 0 Å². The van der Waals surface area contributed by atoms with Crippen LogP contribution in [-0.4, -0.2) is 9.55 Å². The number of nitrogens with one attached hydrogen (secondary N) is 1. The zero-order valence-electron chi connectivity index (χ0n) is 15.7. The van der Waals surface area contributed by atoms with E-state index in [1.165, 1.54) is 45.0 Å². The third-order valence-corrected chi connectivity index (χ3v) is 5.53. The molecule has 126 valence electrons. The molecule has 1 aromatic carbocycles. The molecular formula is C22H28N2. The Labute approximate surface area is 145 Å². The van der Waals surface area contributed by atoms with Crippen LogP contribution in [0.5, 0.6) is 0 Å². The quantitative estimate of drug-likeness (QED) is 0.671. The summed E-state index contributed by atoms with van der Waals surface area (Å²) in [4.78, 5) is 3.71. The van der Waals surface area contributed by atoms with E-state index < -0.39 is 0 Å². The molecule has 3 rings (SSSR count). The van der Waals surface area contributed by atoms with Gasteiger partial charge in [0, 0.05) is 29.8 Å². The maximum atomic E-state index is 3.71. The third-order valence-electron chi connectivity index (χ3n) is 5.53. The van der Waals surface area contributed by atoms with Crippen LogP contribution >= 0.6 is 0 Å². The minimum absolute atomic E-state index is 0.255. The number of rotatable bonds is 4. The summed E-state index contributed by atoms with van der Waals surface area (Å²) in [6.07, 6.45) is 1.07. The summed E-state index contributed by atoms with van der Waals surface area (Å²) < 4.78 is 2.29. The van der Waals surface area contributed by atoms with Crippen molar-refractivity contribution in [2.24, 2.45) is 7.05 Å². The lowest BCUT2D eigenvalue weighted by Crippen LogP contribution is -2.07. The van der Waals surface area contributed by atoms with Crippen LogP contribution in [0.25, 0.3) is 0 Å². The SMILES string of the molecule is CCc1c(C)[nH]c(C(c2ccccc2)c2cc(C)n(C)c2C)c1C. The second kappa shape index (κ2) is 6.35. The third kappa shape index (κ3) is 2.60. The molecule has 0 aliphatic heterocycles. The summed E-state index contributed by atoms with van der Waals surface area (Å²) in [5.41, 5.74) is 10.9. The number of aromatic amines is 1. The molecular weight excluding hydrogens is 292 g/mol. The minimum Gasteiger partial charge on any atom is -0.361 e. The van der Waals surface area contributed by atoms with Crippen molar-refractivity contribution >= 4 is 0 Å². The molecule has 0 saturated carbocycles. The van der Waals surface area contributed by atoms with Gasteiger partial charge in [0.1, 0.15) is 0 Å². The summed E-state index contributed by atoms with van der Waals surface area (Å²) in [6.45, 7) is 11.1. The van der Waals surface area contributed by atoms with E-state index in [-0.39, 0.29) is 5.92 Å². The monoisotopic (exact) mass is 320 g/mol. The highest BCUT2D eigenvalue weighted by Gasteiger charge is 2.25. The van der Waals surface area contributed by atoms with Gasteiger partial charge in [0.05, 0.1) is 5.92 Å². The van der Waals surface area contributed by atoms with Gasteiger partial charge < -0.3 is 9.55 Å². The van der Waals surface area contributed by atoms with Gasteiger partial charge in [0.2, 0.25) is 0 Å². The molecule has 0 bridgehead atoms. The summed E-state index contributed by atoms with van der Waals surface area (Å²) in [6, 6.07) is 13.2. The van der Waals surface area contributed by atoms with Crippen molar-refractivity contribution in [2.75, 3.05) is 0 Å². The summed E-state index contributed by atoms with van der Waals surface area (Å²) in [5.74, 6) is 0.255. The van der Waals surface area contributed by atoms with Gasteiger partial charge in [-0.15, -0.1) is 0 Å². The van der Waals surface area contributed by atoms with Crippen LogP contribution in [0.1, 0.15) is 57.9 Å². The maximum Gasteiger partial charge on any atom is 0.0511 e. The minimum atomic E-state index is 0.255. The number of benzene rings is 1. The van der Waals surface area contributed by atoms with Crippen molar-refractivity contribution in [2.45, 2.75) is 47.0 Å². The Morgan fingerprint density at radius 1 is 1.04 bits per heavy atom. The van der Waals surface area contributed by atoms with Gasteiger partial charge in [-0.1, -0.05) is 37.3 Å². The molecule has 1 unspecified atom stereocenters. The van der Waals surface area contributed by atoms with E-state index in [9.17, 15) is 0 Å². The van der Waals surface area contributed by atoms with Gasteiger partial charge in [-0.05, 0) is 62.4 Å².